The summed E-state index contributed by atoms with van der Waals surface area (Å²) in [5.41, 5.74) is 0. The van der Waals surface area contributed by atoms with Gasteiger partial charge in [0.2, 0.25) is 11.8 Å². The van der Waals surface area contributed by atoms with Crippen LogP contribution in [0.4, 0.5) is 0 Å². The molecule has 1 aliphatic heterocycles. The van der Waals surface area contributed by atoms with E-state index in [9.17, 15) is 9.59 Å². The smallest absolute Gasteiger partial charge is 0.327 e. The zero-order chi connectivity index (χ0) is 14.5. The van der Waals surface area contributed by atoms with Crippen molar-refractivity contribution in [2.24, 2.45) is 0 Å². The van der Waals surface area contributed by atoms with Crippen LogP contribution < -0.4 is 0 Å². The van der Waals surface area contributed by atoms with E-state index in [1.807, 2.05) is 6.92 Å². The van der Waals surface area contributed by atoms with E-state index in [1.54, 1.807) is 0 Å². The molecular weight excluding hydrogens is 282 g/mol. The normalized spacial score (nSPS) is 18.4. The molecule has 1 aliphatic rings. The number of carboxylic acids is 1. The third-order valence-corrected chi connectivity index (χ3v) is 4.04. The molecule has 8 heteroatoms. The third kappa shape index (κ3) is 3.50. The number of hydrogen-bond acceptors (Lipinski definition) is 6. The van der Waals surface area contributed by atoms with E-state index in [0.29, 0.717) is 29.8 Å². The van der Waals surface area contributed by atoms with Crippen molar-refractivity contribution in [1.29, 1.82) is 0 Å². The SMILES string of the molecule is CCCc1noc(CCC(=O)N2CSC[C@H]2C(=O)O)n1. The summed E-state index contributed by atoms with van der Waals surface area (Å²) in [7, 11) is 0. The second kappa shape index (κ2) is 6.74. The average Bonchev–Trinajstić information content (AvgIpc) is 3.05. The minimum atomic E-state index is -0.952. The van der Waals surface area contributed by atoms with Gasteiger partial charge in [-0.1, -0.05) is 12.1 Å². The molecule has 20 heavy (non-hydrogen) atoms. The minimum Gasteiger partial charge on any atom is -0.480 e. The highest BCUT2D eigenvalue weighted by Gasteiger charge is 2.34. The molecule has 0 radical (unpaired) electrons. The van der Waals surface area contributed by atoms with E-state index >= 15 is 0 Å². The van der Waals surface area contributed by atoms with Gasteiger partial charge in [0.25, 0.3) is 0 Å². The van der Waals surface area contributed by atoms with Gasteiger partial charge in [0.05, 0.1) is 5.88 Å². The molecule has 1 saturated heterocycles. The Labute approximate surface area is 120 Å². The third-order valence-electron chi connectivity index (χ3n) is 3.02. The maximum atomic E-state index is 12.0. The lowest BCUT2D eigenvalue weighted by atomic mass is 10.2. The molecule has 1 aromatic heterocycles. The summed E-state index contributed by atoms with van der Waals surface area (Å²) in [4.78, 5) is 28.6. The van der Waals surface area contributed by atoms with Gasteiger partial charge in [-0.15, -0.1) is 11.8 Å². The highest BCUT2D eigenvalue weighted by molar-refractivity contribution is 7.99. The van der Waals surface area contributed by atoms with Gasteiger partial charge in [-0.05, 0) is 6.42 Å². The fourth-order valence-electron chi connectivity index (χ4n) is 1.97. The van der Waals surface area contributed by atoms with Crippen LogP contribution in [-0.4, -0.2) is 49.7 Å². The van der Waals surface area contributed by atoms with Crippen LogP contribution in [0.2, 0.25) is 0 Å². The number of aromatic nitrogens is 2. The second-order valence-corrected chi connectivity index (χ2v) is 5.57. The van der Waals surface area contributed by atoms with Crippen LogP contribution in [0.15, 0.2) is 4.52 Å². The van der Waals surface area contributed by atoms with Crippen LogP contribution in [0, 0.1) is 0 Å². The van der Waals surface area contributed by atoms with E-state index in [-0.39, 0.29) is 12.3 Å². The van der Waals surface area contributed by atoms with Crippen molar-refractivity contribution < 1.29 is 19.2 Å². The highest BCUT2D eigenvalue weighted by atomic mass is 32.2. The van der Waals surface area contributed by atoms with Gasteiger partial charge in [0.1, 0.15) is 6.04 Å². The largest absolute Gasteiger partial charge is 0.480 e. The summed E-state index contributed by atoms with van der Waals surface area (Å²) < 4.78 is 5.05. The molecule has 0 saturated carbocycles. The van der Waals surface area contributed by atoms with Crippen molar-refractivity contribution in [3.63, 3.8) is 0 Å². The quantitative estimate of drug-likeness (QED) is 0.835. The lowest BCUT2D eigenvalue weighted by Crippen LogP contribution is -2.41. The number of aliphatic carboxylic acids is 1. The molecule has 1 aromatic rings. The molecule has 2 heterocycles. The Morgan fingerprint density at radius 3 is 3.00 bits per heavy atom. The van der Waals surface area contributed by atoms with Crippen molar-refractivity contribution in [2.75, 3.05) is 11.6 Å². The molecule has 1 atom stereocenters. The van der Waals surface area contributed by atoms with Crippen LogP contribution >= 0.6 is 11.8 Å². The van der Waals surface area contributed by atoms with Crippen molar-refractivity contribution in [3.8, 4) is 0 Å². The molecule has 110 valence electrons. The first-order valence-corrected chi connectivity index (χ1v) is 7.68. The van der Waals surface area contributed by atoms with Crippen molar-refractivity contribution >= 4 is 23.6 Å². The summed E-state index contributed by atoms with van der Waals surface area (Å²) in [5, 5.41) is 12.8. The van der Waals surface area contributed by atoms with Crippen LogP contribution in [0.3, 0.4) is 0 Å². The zero-order valence-electron chi connectivity index (χ0n) is 11.2. The molecule has 1 N–H and O–H groups in total. The minimum absolute atomic E-state index is 0.183. The van der Waals surface area contributed by atoms with Crippen LogP contribution in [-0.2, 0) is 22.4 Å². The number of aryl methyl sites for hydroxylation is 2. The van der Waals surface area contributed by atoms with Gasteiger partial charge in [-0.25, -0.2) is 4.79 Å². The zero-order valence-corrected chi connectivity index (χ0v) is 12.1. The van der Waals surface area contributed by atoms with E-state index < -0.39 is 12.0 Å². The van der Waals surface area contributed by atoms with Crippen molar-refractivity contribution in [2.45, 2.75) is 38.6 Å². The maximum absolute atomic E-state index is 12.0. The number of carbonyl (C=O) groups excluding carboxylic acids is 1. The number of nitrogens with zero attached hydrogens (tertiary/aromatic N) is 3. The fraction of sp³-hybridized carbons (Fsp3) is 0.667. The predicted molar refractivity (Wildman–Crippen MR) is 72.2 cm³/mol. The van der Waals surface area contributed by atoms with Gasteiger partial charge in [0, 0.05) is 25.0 Å². The molecule has 2 rings (SSSR count). The molecule has 0 bridgehead atoms. The van der Waals surface area contributed by atoms with E-state index in [1.165, 1.54) is 16.7 Å². The van der Waals surface area contributed by atoms with E-state index in [2.05, 4.69) is 10.1 Å². The first kappa shape index (κ1) is 14.8. The number of carbonyl (C=O) groups is 2. The average molecular weight is 299 g/mol. The lowest BCUT2D eigenvalue weighted by molar-refractivity contribution is -0.147. The summed E-state index contributed by atoms with van der Waals surface area (Å²) >= 11 is 1.45. The monoisotopic (exact) mass is 299 g/mol. The number of rotatable bonds is 6. The van der Waals surface area contributed by atoms with Crippen LogP contribution in [0.25, 0.3) is 0 Å². The standard InChI is InChI=1S/C12H17N3O4S/c1-2-3-9-13-10(19-14-9)4-5-11(16)15-7-20-6-8(15)12(17)18/h8H,2-7H2,1H3,(H,17,18)/t8-/m0/s1. The van der Waals surface area contributed by atoms with Crippen LogP contribution in [0.5, 0.6) is 0 Å². The van der Waals surface area contributed by atoms with Gasteiger partial charge in [-0.2, -0.15) is 4.98 Å². The molecule has 1 fully saturated rings. The second-order valence-electron chi connectivity index (χ2n) is 4.57. The summed E-state index contributed by atoms with van der Waals surface area (Å²) in [6, 6.07) is -0.717. The molecule has 0 aromatic carbocycles. The summed E-state index contributed by atoms with van der Waals surface area (Å²) in [5.74, 6) is 0.822. The first-order valence-electron chi connectivity index (χ1n) is 6.53. The Hall–Kier alpha value is -1.57. The Morgan fingerprint density at radius 1 is 1.50 bits per heavy atom. The Bertz CT molecular complexity index is 491. The van der Waals surface area contributed by atoms with Gasteiger partial charge < -0.3 is 14.5 Å². The molecular formula is C12H17N3O4S. The number of hydrogen-bond donors (Lipinski definition) is 1. The number of thioether (sulfide) groups is 1. The van der Waals surface area contributed by atoms with Crippen molar-refractivity contribution in [1.82, 2.24) is 15.0 Å². The molecule has 0 spiro atoms. The number of carboxylic acid groups (broad SMARTS) is 1. The lowest BCUT2D eigenvalue weighted by Gasteiger charge is -2.19. The fourth-order valence-corrected chi connectivity index (χ4v) is 3.14. The highest BCUT2D eigenvalue weighted by Crippen LogP contribution is 2.22. The van der Waals surface area contributed by atoms with Gasteiger partial charge in [-0.3, -0.25) is 4.79 Å². The van der Waals surface area contributed by atoms with E-state index in [4.69, 9.17) is 9.63 Å². The van der Waals surface area contributed by atoms with E-state index in [0.717, 1.165) is 12.8 Å². The van der Waals surface area contributed by atoms with Gasteiger partial charge in [0.15, 0.2) is 5.82 Å². The van der Waals surface area contributed by atoms with Crippen LogP contribution in [0.1, 0.15) is 31.5 Å². The molecule has 1 amide bonds. The van der Waals surface area contributed by atoms with Gasteiger partial charge >= 0.3 is 5.97 Å². The first-order chi connectivity index (χ1) is 9.61. The number of amides is 1. The predicted octanol–water partition coefficient (Wildman–Crippen LogP) is 0.941. The Morgan fingerprint density at radius 2 is 2.30 bits per heavy atom. The Balaban J connectivity index is 1.86. The molecule has 7 nitrogen and oxygen atoms in total. The Kier molecular flexibility index (Phi) is 4.99. The summed E-state index contributed by atoms with van der Waals surface area (Å²) in [6.07, 6.45) is 2.23. The van der Waals surface area contributed by atoms with Crippen molar-refractivity contribution in [3.05, 3.63) is 11.7 Å². The topological polar surface area (TPSA) is 96.5 Å². The molecule has 0 aliphatic carbocycles. The molecule has 0 unspecified atom stereocenters. The summed E-state index contributed by atoms with van der Waals surface area (Å²) in [6.45, 7) is 2.02. The maximum Gasteiger partial charge on any atom is 0.327 e.